The molecule has 1 aromatic rings. The minimum Gasteiger partial charge on any atom is -0.354 e. The fourth-order valence-corrected chi connectivity index (χ4v) is 3.60. The lowest BCUT2D eigenvalue weighted by Gasteiger charge is -2.30. The number of likely N-dealkylation sites (N-methyl/N-ethyl adjacent to an activating group) is 1. The molecule has 2 N–H and O–H groups in total. The molecule has 1 fully saturated rings. The third-order valence-corrected chi connectivity index (χ3v) is 5.17. The summed E-state index contributed by atoms with van der Waals surface area (Å²) in [6.07, 6.45) is 4.10. The molecule has 1 unspecified atom stereocenters. The van der Waals surface area contributed by atoms with Crippen LogP contribution >= 0.6 is 24.8 Å². The predicted octanol–water partition coefficient (Wildman–Crippen LogP) is 3.81. The van der Waals surface area contributed by atoms with Crippen LogP contribution < -0.4 is 10.6 Å². The maximum Gasteiger partial charge on any atom is 0.220 e. The molecular formula is C20H35Cl2N3O. The molecule has 0 spiro atoms. The summed E-state index contributed by atoms with van der Waals surface area (Å²) in [7, 11) is 0. The van der Waals surface area contributed by atoms with Gasteiger partial charge in [0.1, 0.15) is 0 Å². The number of benzene rings is 1. The van der Waals surface area contributed by atoms with Crippen LogP contribution in [0.15, 0.2) is 30.3 Å². The van der Waals surface area contributed by atoms with E-state index >= 15 is 0 Å². The molecule has 4 nitrogen and oxygen atoms in total. The third kappa shape index (κ3) is 8.26. The second kappa shape index (κ2) is 14.3. The number of piperidine rings is 1. The smallest absolute Gasteiger partial charge is 0.220 e. The lowest BCUT2D eigenvalue weighted by Crippen LogP contribution is -2.38. The summed E-state index contributed by atoms with van der Waals surface area (Å²) >= 11 is 0. The number of nitrogens with zero attached hydrogens (tertiary/aromatic N) is 1. The third-order valence-electron chi connectivity index (χ3n) is 5.17. The normalized spacial score (nSPS) is 15.7. The molecular weight excluding hydrogens is 369 g/mol. The van der Waals surface area contributed by atoms with Crippen molar-refractivity contribution in [3.05, 3.63) is 35.9 Å². The van der Waals surface area contributed by atoms with E-state index in [1.165, 1.54) is 18.4 Å². The van der Waals surface area contributed by atoms with Crippen molar-refractivity contribution in [2.45, 2.75) is 45.6 Å². The Balaban J connectivity index is 0.00000312. The summed E-state index contributed by atoms with van der Waals surface area (Å²) in [5.74, 6) is 0.909. The Labute approximate surface area is 171 Å². The first-order valence-electron chi connectivity index (χ1n) is 9.51. The Morgan fingerprint density at radius 1 is 1.15 bits per heavy atom. The van der Waals surface area contributed by atoms with Crippen LogP contribution in [0.4, 0.5) is 0 Å². The van der Waals surface area contributed by atoms with Gasteiger partial charge in [0, 0.05) is 13.0 Å². The Hall–Kier alpha value is -0.810. The zero-order valence-corrected chi connectivity index (χ0v) is 17.7. The summed E-state index contributed by atoms with van der Waals surface area (Å²) in [5, 5.41) is 6.55. The van der Waals surface area contributed by atoms with Gasteiger partial charge in [0.25, 0.3) is 0 Å². The van der Waals surface area contributed by atoms with E-state index in [0.717, 1.165) is 32.6 Å². The van der Waals surface area contributed by atoms with Crippen LogP contribution in [0.1, 0.15) is 51.1 Å². The van der Waals surface area contributed by atoms with Crippen LogP contribution in [-0.2, 0) is 4.79 Å². The largest absolute Gasteiger partial charge is 0.354 e. The second-order valence-corrected chi connectivity index (χ2v) is 6.68. The van der Waals surface area contributed by atoms with Crippen molar-refractivity contribution < 1.29 is 4.79 Å². The summed E-state index contributed by atoms with van der Waals surface area (Å²) in [6.45, 7) is 9.23. The van der Waals surface area contributed by atoms with Crippen molar-refractivity contribution in [3.8, 4) is 0 Å². The van der Waals surface area contributed by atoms with Crippen LogP contribution in [0.2, 0.25) is 0 Å². The van der Waals surface area contributed by atoms with Crippen molar-refractivity contribution in [2.24, 2.45) is 5.92 Å². The lowest BCUT2D eigenvalue weighted by molar-refractivity contribution is -0.121. The van der Waals surface area contributed by atoms with E-state index in [9.17, 15) is 4.79 Å². The highest BCUT2D eigenvalue weighted by molar-refractivity contribution is 5.85. The van der Waals surface area contributed by atoms with Gasteiger partial charge in [-0.15, -0.1) is 24.8 Å². The van der Waals surface area contributed by atoms with E-state index in [0.29, 0.717) is 18.9 Å². The quantitative estimate of drug-likeness (QED) is 0.658. The van der Waals surface area contributed by atoms with Gasteiger partial charge in [0.05, 0.1) is 6.04 Å². The van der Waals surface area contributed by atoms with E-state index in [-0.39, 0.29) is 36.8 Å². The molecule has 1 aliphatic rings. The first-order valence-corrected chi connectivity index (χ1v) is 9.51. The number of hydrogen-bond donors (Lipinski definition) is 2. The Kier molecular flexibility index (Phi) is 13.8. The van der Waals surface area contributed by atoms with E-state index < -0.39 is 0 Å². The van der Waals surface area contributed by atoms with Crippen molar-refractivity contribution >= 4 is 30.7 Å². The number of nitrogens with one attached hydrogen (secondary N) is 2. The highest BCUT2D eigenvalue weighted by atomic mass is 35.5. The molecule has 26 heavy (non-hydrogen) atoms. The average molecular weight is 404 g/mol. The summed E-state index contributed by atoms with van der Waals surface area (Å²) in [4.78, 5) is 14.7. The average Bonchev–Trinajstić information content (AvgIpc) is 2.65. The van der Waals surface area contributed by atoms with Gasteiger partial charge in [-0.3, -0.25) is 9.69 Å². The molecule has 1 heterocycles. The minimum atomic E-state index is 0. The minimum absolute atomic E-state index is 0. The molecule has 2 rings (SSSR count). The monoisotopic (exact) mass is 403 g/mol. The molecule has 0 bridgehead atoms. The number of carbonyl (C=O) groups excluding carboxylic acids is 1. The summed E-state index contributed by atoms with van der Waals surface area (Å²) in [6, 6.07) is 10.8. The number of rotatable bonds is 9. The Morgan fingerprint density at radius 3 is 2.35 bits per heavy atom. The lowest BCUT2D eigenvalue weighted by atomic mass is 9.93. The van der Waals surface area contributed by atoms with Crippen LogP contribution in [0.5, 0.6) is 0 Å². The number of amides is 1. The van der Waals surface area contributed by atoms with E-state index in [4.69, 9.17) is 0 Å². The van der Waals surface area contributed by atoms with Crippen LogP contribution in [0.3, 0.4) is 0 Å². The van der Waals surface area contributed by atoms with Gasteiger partial charge in [-0.1, -0.05) is 44.2 Å². The van der Waals surface area contributed by atoms with Gasteiger partial charge in [-0.05, 0) is 56.9 Å². The van der Waals surface area contributed by atoms with Crippen LogP contribution in [0, 0.1) is 5.92 Å². The standard InChI is InChI=1S/C20H33N3O.2ClH/c1-3-23(4-2)19(18-8-6-5-7-9-18)16-22-20(24)11-10-17-12-14-21-15-13-17;;/h5-9,17,19,21H,3-4,10-16H2,1-2H3,(H,22,24);2*1H. The van der Waals surface area contributed by atoms with Gasteiger partial charge < -0.3 is 10.6 Å². The molecule has 0 radical (unpaired) electrons. The Morgan fingerprint density at radius 2 is 1.77 bits per heavy atom. The van der Waals surface area contributed by atoms with Crippen molar-refractivity contribution in [2.75, 3.05) is 32.7 Å². The maximum absolute atomic E-state index is 12.3. The van der Waals surface area contributed by atoms with Gasteiger partial charge in [-0.2, -0.15) is 0 Å². The van der Waals surface area contributed by atoms with Gasteiger partial charge in [-0.25, -0.2) is 0 Å². The highest BCUT2D eigenvalue weighted by Gasteiger charge is 2.19. The van der Waals surface area contributed by atoms with Crippen LogP contribution in [0.25, 0.3) is 0 Å². The van der Waals surface area contributed by atoms with Crippen molar-refractivity contribution in [1.82, 2.24) is 15.5 Å². The topological polar surface area (TPSA) is 44.4 Å². The molecule has 1 aromatic carbocycles. The highest BCUT2D eigenvalue weighted by Crippen LogP contribution is 2.20. The number of hydrogen-bond acceptors (Lipinski definition) is 3. The van der Waals surface area contributed by atoms with E-state index in [1.54, 1.807) is 0 Å². The molecule has 1 aliphatic heterocycles. The Bertz CT molecular complexity index is 477. The van der Waals surface area contributed by atoms with Gasteiger partial charge in [0.2, 0.25) is 5.91 Å². The second-order valence-electron chi connectivity index (χ2n) is 6.68. The molecule has 1 amide bonds. The fourth-order valence-electron chi connectivity index (χ4n) is 3.60. The SMILES string of the molecule is CCN(CC)C(CNC(=O)CCC1CCNCC1)c1ccccc1.Cl.Cl. The zero-order valence-electron chi connectivity index (χ0n) is 16.1. The number of carbonyl (C=O) groups is 1. The predicted molar refractivity (Wildman–Crippen MR) is 114 cm³/mol. The zero-order chi connectivity index (χ0) is 17.2. The van der Waals surface area contributed by atoms with Crippen molar-refractivity contribution in [3.63, 3.8) is 0 Å². The molecule has 150 valence electrons. The van der Waals surface area contributed by atoms with Crippen LogP contribution in [-0.4, -0.2) is 43.5 Å². The van der Waals surface area contributed by atoms with E-state index in [2.05, 4.69) is 53.6 Å². The summed E-state index contributed by atoms with van der Waals surface area (Å²) < 4.78 is 0. The van der Waals surface area contributed by atoms with E-state index in [1.807, 2.05) is 6.07 Å². The summed E-state index contributed by atoms with van der Waals surface area (Å²) in [5.41, 5.74) is 1.28. The molecule has 0 saturated carbocycles. The molecule has 1 saturated heterocycles. The molecule has 6 heteroatoms. The van der Waals surface area contributed by atoms with Gasteiger partial charge >= 0.3 is 0 Å². The first-order chi connectivity index (χ1) is 11.7. The fraction of sp³-hybridized carbons (Fsp3) is 0.650. The molecule has 0 aliphatic carbocycles. The van der Waals surface area contributed by atoms with Crippen molar-refractivity contribution in [1.29, 1.82) is 0 Å². The van der Waals surface area contributed by atoms with Gasteiger partial charge in [0.15, 0.2) is 0 Å². The maximum atomic E-state index is 12.3. The molecule has 1 atom stereocenters. The molecule has 0 aromatic heterocycles. The first kappa shape index (κ1) is 25.2. The number of halogens is 2.